The third-order valence-electron chi connectivity index (χ3n) is 6.44. The molecule has 0 unspecified atom stereocenters. The molecule has 38 heavy (non-hydrogen) atoms. The van der Waals surface area contributed by atoms with Gasteiger partial charge in [-0.2, -0.15) is 0 Å². The number of allylic oxidation sites excluding steroid dienone is 2. The smallest absolute Gasteiger partial charge is 0.163 e. The van der Waals surface area contributed by atoms with Gasteiger partial charge in [-0.25, -0.2) is 4.39 Å². The lowest BCUT2D eigenvalue weighted by Crippen LogP contribution is -2.40. The Hall–Kier alpha value is -3.62. The minimum absolute atomic E-state index is 0.193. The zero-order valence-electron chi connectivity index (χ0n) is 23.9. The van der Waals surface area contributed by atoms with Crippen LogP contribution >= 0.6 is 0 Å². The van der Waals surface area contributed by atoms with Gasteiger partial charge in [0.2, 0.25) is 0 Å². The molecule has 0 spiro atoms. The minimum Gasteiger partial charge on any atom is -0.339 e. The summed E-state index contributed by atoms with van der Waals surface area (Å²) < 4.78 is 14.7. The van der Waals surface area contributed by atoms with Crippen molar-refractivity contribution in [3.63, 3.8) is 0 Å². The zero-order valence-corrected chi connectivity index (χ0v) is 23.9. The molecule has 4 rings (SSSR count). The Balaban J connectivity index is 0.00000121. The van der Waals surface area contributed by atoms with Gasteiger partial charge in [0.25, 0.3) is 0 Å². The van der Waals surface area contributed by atoms with Crippen LogP contribution in [0.1, 0.15) is 62.8 Å². The summed E-state index contributed by atoms with van der Waals surface area (Å²) in [4.78, 5) is 9.28. The summed E-state index contributed by atoms with van der Waals surface area (Å²) >= 11 is 0. The van der Waals surface area contributed by atoms with E-state index in [0.717, 1.165) is 60.7 Å². The molecule has 1 N–H and O–H groups in total. The van der Waals surface area contributed by atoms with E-state index in [1.807, 2.05) is 71.2 Å². The molecule has 0 aromatic heterocycles. The van der Waals surface area contributed by atoms with Crippen molar-refractivity contribution < 1.29 is 4.39 Å². The van der Waals surface area contributed by atoms with E-state index in [4.69, 9.17) is 11.4 Å². The fourth-order valence-corrected chi connectivity index (χ4v) is 4.41. The number of hydrogen-bond donors (Lipinski definition) is 1. The van der Waals surface area contributed by atoms with Gasteiger partial charge in [-0.05, 0) is 49.1 Å². The summed E-state index contributed by atoms with van der Waals surface area (Å²) in [5, 5.41) is 3.24. The van der Waals surface area contributed by atoms with Gasteiger partial charge in [-0.3, -0.25) is 9.89 Å². The van der Waals surface area contributed by atoms with Crippen molar-refractivity contribution in [1.29, 1.82) is 0 Å². The Labute approximate surface area is 229 Å². The van der Waals surface area contributed by atoms with Crippen LogP contribution in [-0.2, 0) is 6.54 Å². The number of amidine groups is 1. The van der Waals surface area contributed by atoms with Gasteiger partial charge in [0.1, 0.15) is 11.7 Å². The number of piperidine rings is 1. The molecule has 0 saturated carbocycles. The van der Waals surface area contributed by atoms with E-state index in [1.54, 1.807) is 4.90 Å². The number of likely N-dealkylation sites (N-methyl/N-ethyl adjacent to an activating group) is 1. The molecule has 0 radical (unpaired) electrons. The Bertz CT molecular complexity index is 1180. The lowest BCUT2D eigenvalue weighted by molar-refractivity contribution is 0.206. The van der Waals surface area contributed by atoms with Gasteiger partial charge in [0.05, 0.1) is 11.7 Å². The van der Waals surface area contributed by atoms with E-state index < -0.39 is 5.83 Å². The quantitative estimate of drug-likeness (QED) is 0.425. The van der Waals surface area contributed by atoms with Crippen LogP contribution in [0.25, 0.3) is 5.70 Å². The second-order valence-corrected chi connectivity index (χ2v) is 8.79. The van der Waals surface area contributed by atoms with E-state index in [0.29, 0.717) is 5.82 Å². The Morgan fingerprint density at radius 1 is 1.11 bits per heavy atom. The fraction of sp³-hybridized carbons (Fsp3) is 0.364. The Morgan fingerprint density at radius 2 is 1.74 bits per heavy atom. The Kier molecular flexibility index (Phi) is 12.6. The fourth-order valence-electron chi connectivity index (χ4n) is 4.41. The first-order chi connectivity index (χ1) is 18.5. The van der Waals surface area contributed by atoms with Crippen LogP contribution in [0.4, 0.5) is 4.39 Å². The number of halogens is 1. The number of aryl methyl sites for hydroxylation is 1. The monoisotopic (exact) mass is 514 g/mol. The third kappa shape index (κ3) is 7.94. The predicted molar refractivity (Wildman–Crippen MR) is 161 cm³/mol. The molecule has 1 saturated heterocycles. The summed E-state index contributed by atoms with van der Waals surface area (Å²) in [5.74, 6) is 3.38. The van der Waals surface area contributed by atoms with Crippen LogP contribution in [0.2, 0.25) is 0 Å². The van der Waals surface area contributed by atoms with E-state index in [2.05, 4.69) is 47.8 Å². The Morgan fingerprint density at radius 3 is 2.32 bits per heavy atom. The lowest BCUT2D eigenvalue weighted by atomic mass is 10.0. The molecule has 2 aromatic carbocycles. The summed E-state index contributed by atoms with van der Waals surface area (Å²) in [6.45, 7) is 16.5. The maximum absolute atomic E-state index is 14.7. The maximum Gasteiger partial charge on any atom is 0.163 e. The van der Waals surface area contributed by atoms with Gasteiger partial charge in [-0.15, -0.1) is 6.42 Å². The van der Waals surface area contributed by atoms with Crippen LogP contribution in [0.3, 0.4) is 0 Å². The number of benzene rings is 2. The molecule has 5 heteroatoms. The second kappa shape index (κ2) is 15.6. The molecule has 0 amide bonds. The number of aliphatic imine (C=N–C) groups is 1. The summed E-state index contributed by atoms with van der Waals surface area (Å²) in [6, 6.07) is 16.5. The van der Waals surface area contributed by atoms with Crippen molar-refractivity contribution >= 4 is 11.5 Å². The third-order valence-corrected chi connectivity index (χ3v) is 6.44. The summed E-state index contributed by atoms with van der Waals surface area (Å²) in [7, 11) is 1.84. The minimum atomic E-state index is -0.403. The van der Waals surface area contributed by atoms with E-state index >= 15 is 0 Å². The van der Waals surface area contributed by atoms with Crippen LogP contribution < -0.4 is 5.32 Å². The number of nitrogens with zero attached hydrogens (tertiary/aromatic N) is 3. The van der Waals surface area contributed by atoms with Crippen molar-refractivity contribution in [3.05, 3.63) is 101 Å². The van der Waals surface area contributed by atoms with Gasteiger partial charge >= 0.3 is 0 Å². The van der Waals surface area contributed by atoms with Crippen LogP contribution in [0.5, 0.6) is 0 Å². The van der Waals surface area contributed by atoms with Crippen molar-refractivity contribution in [1.82, 2.24) is 15.1 Å². The molecule has 0 atom stereocenters. The van der Waals surface area contributed by atoms with Gasteiger partial charge < -0.3 is 10.2 Å². The molecular formula is C33H43FN4. The number of terminal acetylenes is 1. The normalized spacial score (nSPS) is 18.1. The maximum atomic E-state index is 14.7. The standard InChI is InChI=1S/C29H31FN4.2C2H6/c1-5-22-11-13-23(14-12-22)20-34-17-15-24(16-18-34)31-28-19-27(25-10-8-7-9-21(25)3)32-29(33(28)4)26(30)6-2;2*1-2/h1,6-14,19,24,32H,2,15-18,20H2,3-4H3;2*1-2H3/b29-26+,31-28?;;. The lowest BCUT2D eigenvalue weighted by Gasteiger charge is -2.34. The van der Waals surface area contributed by atoms with Crippen molar-refractivity contribution in [2.45, 2.75) is 60.0 Å². The highest BCUT2D eigenvalue weighted by Gasteiger charge is 2.25. The molecule has 2 aromatic rings. The SMILES string of the molecule is C#Cc1ccc(CN2CCC(N=C3C=C(c4ccccc4C)N/C(=C(\F)C=C)N3C)CC2)cc1.CC.CC. The van der Waals surface area contributed by atoms with E-state index in [1.165, 1.54) is 11.6 Å². The van der Waals surface area contributed by atoms with Crippen molar-refractivity contribution in [3.8, 4) is 12.3 Å². The first-order valence-electron chi connectivity index (χ1n) is 13.6. The van der Waals surface area contributed by atoms with Gasteiger partial charge in [-0.1, -0.05) is 76.6 Å². The highest BCUT2D eigenvalue weighted by atomic mass is 19.1. The van der Waals surface area contributed by atoms with Crippen LogP contribution in [0, 0.1) is 19.3 Å². The number of nitrogens with one attached hydrogen (secondary N) is 1. The van der Waals surface area contributed by atoms with Gasteiger partial charge in [0.15, 0.2) is 5.83 Å². The van der Waals surface area contributed by atoms with Crippen LogP contribution in [-0.4, -0.2) is 41.8 Å². The molecule has 1 fully saturated rings. The predicted octanol–water partition coefficient (Wildman–Crippen LogP) is 7.29. The van der Waals surface area contributed by atoms with Crippen molar-refractivity contribution in [2.75, 3.05) is 20.1 Å². The molecule has 2 aliphatic heterocycles. The van der Waals surface area contributed by atoms with Gasteiger partial charge in [0, 0.05) is 43.9 Å². The van der Waals surface area contributed by atoms with Crippen LogP contribution in [0.15, 0.2) is 83.9 Å². The zero-order chi connectivity index (χ0) is 28.1. The van der Waals surface area contributed by atoms with E-state index in [9.17, 15) is 4.39 Å². The molecule has 2 aliphatic rings. The first kappa shape index (κ1) is 30.6. The second-order valence-electron chi connectivity index (χ2n) is 8.79. The average Bonchev–Trinajstić information content (AvgIpc) is 2.97. The summed E-state index contributed by atoms with van der Waals surface area (Å²) in [6.07, 6.45) is 10.6. The largest absolute Gasteiger partial charge is 0.339 e. The molecular weight excluding hydrogens is 471 g/mol. The molecule has 0 bridgehead atoms. The molecule has 0 aliphatic carbocycles. The highest BCUT2D eigenvalue weighted by Crippen LogP contribution is 2.26. The van der Waals surface area contributed by atoms with Crippen molar-refractivity contribution in [2.24, 2.45) is 4.99 Å². The average molecular weight is 515 g/mol. The number of likely N-dealkylation sites (tertiary alicyclic amines) is 1. The number of hydrogen-bond acceptors (Lipinski definition) is 3. The number of rotatable bonds is 5. The molecule has 2 heterocycles. The first-order valence-corrected chi connectivity index (χ1v) is 13.6. The highest BCUT2D eigenvalue weighted by molar-refractivity contribution is 6.02. The summed E-state index contributed by atoms with van der Waals surface area (Å²) in [5.41, 5.74) is 5.16. The molecule has 202 valence electrons. The van der Waals surface area contributed by atoms with E-state index in [-0.39, 0.29) is 6.04 Å². The molecule has 4 nitrogen and oxygen atoms in total. The topological polar surface area (TPSA) is 30.9 Å².